The van der Waals surface area contributed by atoms with Crippen molar-refractivity contribution in [3.05, 3.63) is 35.8 Å². The summed E-state index contributed by atoms with van der Waals surface area (Å²) in [5.74, 6) is -0.978. The molecule has 0 spiro atoms. The molecular formula is C14H16N2O4. The highest BCUT2D eigenvalue weighted by molar-refractivity contribution is 5.87. The summed E-state index contributed by atoms with van der Waals surface area (Å²) in [6.45, 7) is -0.140. The fourth-order valence-electron chi connectivity index (χ4n) is 1.98. The van der Waals surface area contributed by atoms with Crippen LogP contribution in [0.2, 0.25) is 0 Å². The third-order valence-electron chi connectivity index (χ3n) is 3.14. The summed E-state index contributed by atoms with van der Waals surface area (Å²) >= 11 is 0. The number of hydrogen-bond acceptors (Lipinski definition) is 4. The number of nitrogens with zero attached hydrogens (tertiary/aromatic N) is 2. The summed E-state index contributed by atoms with van der Waals surface area (Å²) < 4.78 is 5.30. The first-order chi connectivity index (χ1) is 9.58. The van der Waals surface area contributed by atoms with Crippen LogP contribution in [0.4, 0.5) is 0 Å². The SMILES string of the molecule is CN(C(=O)COc1cncc(C(=O)O)c1)C1=CCCC1. The highest BCUT2D eigenvalue weighted by Crippen LogP contribution is 2.20. The number of hydrogen-bond donors (Lipinski definition) is 1. The molecule has 6 heteroatoms. The van der Waals surface area contributed by atoms with Crippen molar-refractivity contribution in [1.82, 2.24) is 9.88 Å². The minimum atomic E-state index is -1.08. The van der Waals surface area contributed by atoms with Gasteiger partial charge in [-0.1, -0.05) is 6.08 Å². The maximum atomic E-state index is 11.9. The minimum absolute atomic E-state index is 0.0294. The van der Waals surface area contributed by atoms with Crippen LogP contribution in [0.1, 0.15) is 29.6 Å². The van der Waals surface area contributed by atoms with Gasteiger partial charge in [-0.2, -0.15) is 0 Å². The number of amides is 1. The van der Waals surface area contributed by atoms with Gasteiger partial charge in [0, 0.05) is 18.9 Å². The van der Waals surface area contributed by atoms with E-state index in [1.54, 1.807) is 11.9 Å². The van der Waals surface area contributed by atoms with Crippen LogP contribution in [0.3, 0.4) is 0 Å². The quantitative estimate of drug-likeness (QED) is 0.885. The molecule has 0 atom stereocenters. The Morgan fingerprint density at radius 2 is 2.25 bits per heavy atom. The largest absolute Gasteiger partial charge is 0.482 e. The van der Waals surface area contributed by atoms with Crippen molar-refractivity contribution in [1.29, 1.82) is 0 Å². The molecule has 1 aliphatic rings. The van der Waals surface area contributed by atoms with Gasteiger partial charge < -0.3 is 14.7 Å². The van der Waals surface area contributed by atoms with Gasteiger partial charge in [-0.15, -0.1) is 0 Å². The first-order valence-corrected chi connectivity index (χ1v) is 6.34. The molecule has 1 aromatic heterocycles. The van der Waals surface area contributed by atoms with Crippen LogP contribution >= 0.6 is 0 Å². The molecule has 0 saturated heterocycles. The Kier molecular flexibility index (Phi) is 4.34. The summed E-state index contributed by atoms with van der Waals surface area (Å²) in [6, 6.07) is 1.34. The fourth-order valence-corrected chi connectivity index (χ4v) is 1.98. The van der Waals surface area contributed by atoms with Crippen LogP contribution in [0.25, 0.3) is 0 Å². The van der Waals surface area contributed by atoms with Gasteiger partial charge in [-0.05, 0) is 25.3 Å². The summed E-state index contributed by atoms with van der Waals surface area (Å²) in [7, 11) is 1.72. The normalized spacial score (nSPS) is 13.8. The van der Waals surface area contributed by atoms with Crippen molar-refractivity contribution >= 4 is 11.9 Å². The van der Waals surface area contributed by atoms with Gasteiger partial charge >= 0.3 is 5.97 Å². The lowest BCUT2D eigenvalue weighted by molar-refractivity contribution is -0.130. The smallest absolute Gasteiger partial charge is 0.337 e. The lowest BCUT2D eigenvalue weighted by Gasteiger charge is -2.18. The number of carboxylic acid groups (broad SMARTS) is 1. The maximum absolute atomic E-state index is 11.9. The summed E-state index contributed by atoms with van der Waals surface area (Å²) in [5, 5.41) is 8.84. The van der Waals surface area contributed by atoms with E-state index < -0.39 is 5.97 Å². The average Bonchev–Trinajstić information content (AvgIpc) is 2.98. The third-order valence-corrected chi connectivity index (χ3v) is 3.14. The molecule has 2 rings (SSSR count). The standard InChI is InChI=1S/C14H16N2O4/c1-16(11-4-2-3-5-11)13(17)9-20-12-6-10(14(18)19)7-15-8-12/h4,6-8H,2-3,5,9H2,1H3,(H,18,19). The number of carboxylic acids is 1. The molecule has 1 heterocycles. The van der Waals surface area contributed by atoms with Gasteiger partial charge in [-0.25, -0.2) is 4.79 Å². The van der Waals surface area contributed by atoms with E-state index in [2.05, 4.69) is 4.98 Å². The molecule has 0 radical (unpaired) electrons. The van der Waals surface area contributed by atoms with Crippen molar-refractivity contribution < 1.29 is 19.4 Å². The van der Waals surface area contributed by atoms with Crippen molar-refractivity contribution in [3.63, 3.8) is 0 Å². The number of allylic oxidation sites excluding steroid dienone is 2. The molecular weight excluding hydrogens is 260 g/mol. The van der Waals surface area contributed by atoms with E-state index >= 15 is 0 Å². The van der Waals surface area contributed by atoms with Crippen LogP contribution < -0.4 is 4.74 Å². The second-order valence-electron chi connectivity index (χ2n) is 4.54. The molecule has 106 valence electrons. The predicted molar refractivity (Wildman–Crippen MR) is 71.4 cm³/mol. The van der Waals surface area contributed by atoms with Crippen molar-refractivity contribution in [2.75, 3.05) is 13.7 Å². The highest BCUT2D eigenvalue weighted by atomic mass is 16.5. The van der Waals surface area contributed by atoms with E-state index in [0.29, 0.717) is 0 Å². The molecule has 1 aliphatic carbocycles. The summed E-state index contributed by atoms with van der Waals surface area (Å²) in [6.07, 6.45) is 7.63. The monoisotopic (exact) mass is 276 g/mol. The average molecular weight is 276 g/mol. The van der Waals surface area contributed by atoms with E-state index in [-0.39, 0.29) is 23.8 Å². The van der Waals surface area contributed by atoms with Gasteiger partial charge in [0.25, 0.3) is 5.91 Å². The van der Waals surface area contributed by atoms with E-state index in [1.807, 2.05) is 6.08 Å². The van der Waals surface area contributed by atoms with Gasteiger partial charge in [-0.3, -0.25) is 9.78 Å². The molecule has 6 nitrogen and oxygen atoms in total. The van der Waals surface area contributed by atoms with Gasteiger partial charge in [0.05, 0.1) is 11.8 Å². The van der Waals surface area contributed by atoms with Crippen molar-refractivity contribution in [3.8, 4) is 5.75 Å². The van der Waals surface area contributed by atoms with Gasteiger partial charge in [0.2, 0.25) is 0 Å². The topological polar surface area (TPSA) is 79.7 Å². The highest BCUT2D eigenvalue weighted by Gasteiger charge is 2.16. The Bertz CT molecular complexity index is 554. The molecule has 0 aliphatic heterocycles. The molecule has 1 N–H and O–H groups in total. The van der Waals surface area contributed by atoms with Crippen LogP contribution in [0.5, 0.6) is 5.75 Å². The molecule has 1 amide bonds. The molecule has 20 heavy (non-hydrogen) atoms. The van der Waals surface area contributed by atoms with Gasteiger partial charge in [0.15, 0.2) is 6.61 Å². The number of pyridine rings is 1. The number of carbonyl (C=O) groups is 2. The maximum Gasteiger partial charge on any atom is 0.337 e. The second kappa shape index (κ2) is 6.18. The Labute approximate surface area is 116 Å². The zero-order chi connectivity index (χ0) is 14.5. The van der Waals surface area contributed by atoms with Crippen molar-refractivity contribution in [2.45, 2.75) is 19.3 Å². The summed E-state index contributed by atoms with van der Waals surface area (Å²) in [4.78, 5) is 28.1. The fraction of sp³-hybridized carbons (Fsp3) is 0.357. The van der Waals surface area contributed by atoms with Crippen LogP contribution in [0, 0.1) is 0 Å². The minimum Gasteiger partial charge on any atom is -0.482 e. The zero-order valence-corrected chi connectivity index (χ0v) is 11.2. The van der Waals surface area contributed by atoms with E-state index in [1.165, 1.54) is 18.5 Å². The molecule has 0 unspecified atom stereocenters. The first kappa shape index (κ1) is 14.0. The first-order valence-electron chi connectivity index (χ1n) is 6.34. The lowest BCUT2D eigenvalue weighted by atomic mass is 10.3. The zero-order valence-electron chi connectivity index (χ0n) is 11.2. The Morgan fingerprint density at radius 3 is 2.90 bits per heavy atom. The Balaban J connectivity index is 1.93. The lowest BCUT2D eigenvalue weighted by Crippen LogP contribution is -2.30. The van der Waals surface area contributed by atoms with Crippen molar-refractivity contribution in [2.24, 2.45) is 0 Å². The number of rotatable bonds is 5. The molecule has 0 aromatic carbocycles. The number of carbonyl (C=O) groups excluding carboxylic acids is 1. The second-order valence-corrected chi connectivity index (χ2v) is 4.54. The van der Waals surface area contributed by atoms with E-state index in [9.17, 15) is 9.59 Å². The van der Waals surface area contributed by atoms with Crippen LogP contribution in [-0.2, 0) is 4.79 Å². The molecule has 0 saturated carbocycles. The number of aromatic carboxylic acids is 1. The predicted octanol–water partition coefficient (Wildman–Crippen LogP) is 1.68. The van der Waals surface area contributed by atoms with E-state index in [4.69, 9.17) is 9.84 Å². The Hall–Kier alpha value is -2.37. The molecule has 1 aromatic rings. The van der Waals surface area contributed by atoms with Crippen LogP contribution in [0.15, 0.2) is 30.2 Å². The number of aromatic nitrogens is 1. The summed E-state index contributed by atoms with van der Waals surface area (Å²) in [5.41, 5.74) is 1.04. The Morgan fingerprint density at radius 1 is 1.45 bits per heavy atom. The molecule has 0 bridgehead atoms. The van der Waals surface area contributed by atoms with E-state index in [0.717, 1.165) is 25.0 Å². The van der Waals surface area contributed by atoms with Crippen LogP contribution in [-0.4, -0.2) is 40.5 Å². The number of likely N-dealkylation sites (N-methyl/N-ethyl adjacent to an activating group) is 1. The third kappa shape index (κ3) is 3.34. The molecule has 0 fully saturated rings. The van der Waals surface area contributed by atoms with Gasteiger partial charge in [0.1, 0.15) is 5.75 Å². The number of ether oxygens (including phenoxy) is 1.